The van der Waals surface area contributed by atoms with Crippen molar-refractivity contribution < 1.29 is 13.2 Å². The van der Waals surface area contributed by atoms with Gasteiger partial charge in [-0.25, -0.2) is 8.42 Å². The number of anilines is 1. The summed E-state index contributed by atoms with van der Waals surface area (Å²) in [6.07, 6.45) is 2.09. The minimum Gasteiger partial charge on any atom is -0.399 e. The number of carbonyl (C=O) groups excluding carboxylic acids is 1. The van der Waals surface area contributed by atoms with Crippen LogP contribution in [-0.4, -0.2) is 43.3 Å². The van der Waals surface area contributed by atoms with Crippen LogP contribution in [0.15, 0.2) is 30.9 Å². The van der Waals surface area contributed by atoms with E-state index in [9.17, 15) is 13.2 Å². The molecular weight excluding hydrogens is 324 g/mol. The van der Waals surface area contributed by atoms with E-state index in [4.69, 9.17) is 5.73 Å². The first-order valence-electron chi connectivity index (χ1n) is 6.82. The van der Waals surface area contributed by atoms with Gasteiger partial charge in [-0.3, -0.25) is 4.79 Å². The van der Waals surface area contributed by atoms with E-state index in [1.807, 2.05) is 6.92 Å². The molecule has 1 heterocycles. The average Bonchev–Trinajstić information content (AvgIpc) is 2.78. The Balaban J connectivity index is 0.00000242. The highest BCUT2D eigenvalue weighted by molar-refractivity contribution is 7.91. The monoisotopic (exact) mass is 344 g/mol. The fourth-order valence-electron chi connectivity index (χ4n) is 2.58. The SMILES string of the molecule is C=CCN(C(=O)c1cc(N)ccc1C)C1CCS(=O)(=O)C1.Cl. The van der Waals surface area contributed by atoms with Crippen molar-refractivity contribution >= 4 is 33.8 Å². The Hall–Kier alpha value is -1.53. The molecule has 1 amide bonds. The first-order valence-corrected chi connectivity index (χ1v) is 8.64. The van der Waals surface area contributed by atoms with Gasteiger partial charge in [-0.05, 0) is 31.0 Å². The zero-order chi connectivity index (χ0) is 15.6. The lowest BCUT2D eigenvalue weighted by atomic mass is 10.1. The smallest absolute Gasteiger partial charge is 0.254 e. The van der Waals surface area contributed by atoms with Gasteiger partial charge in [-0.15, -0.1) is 19.0 Å². The minimum atomic E-state index is -3.05. The predicted molar refractivity (Wildman–Crippen MR) is 91.1 cm³/mol. The lowest BCUT2D eigenvalue weighted by Gasteiger charge is -2.27. The Morgan fingerprint density at radius 1 is 1.50 bits per heavy atom. The normalized spacial score (nSPS) is 19.2. The Morgan fingerprint density at radius 3 is 2.73 bits per heavy atom. The van der Waals surface area contributed by atoms with Crippen LogP contribution in [0.2, 0.25) is 0 Å². The third kappa shape index (κ3) is 4.01. The van der Waals surface area contributed by atoms with Crippen LogP contribution < -0.4 is 5.73 Å². The standard InChI is InChI=1S/C15H20N2O3S.ClH/c1-3-7-17(13-6-8-21(19,20)10-13)15(18)14-9-12(16)5-4-11(14)2;/h3-5,9,13H,1,6-8,10,16H2,2H3;1H. The molecule has 1 atom stereocenters. The number of hydrogen-bond donors (Lipinski definition) is 1. The molecule has 1 aliphatic rings. The van der Waals surface area contributed by atoms with Gasteiger partial charge >= 0.3 is 0 Å². The molecule has 1 unspecified atom stereocenters. The fraction of sp³-hybridized carbons (Fsp3) is 0.400. The van der Waals surface area contributed by atoms with Gasteiger partial charge in [-0.1, -0.05) is 12.1 Å². The van der Waals surface area contributed by atoms with Crippen molar-refractivity contribution in [2.24, 2.45) is 0 Å². The van der Waals surface area contributed by atoms with Crippen LogP contribution in [-0.2, 0) is 9.84 Å². The van der Waals surface area contributed by atoms with Crippen molar-refractivity contribution in [3.8, 4) is 0 Å². The van der Waals surface area contributed by atoms with Crippen molar-refractivity contribution in [2.75, 3.05) is 23.8 Å². The number of nitrogen functional groups attached to an aromatic ring is 1. The zero-order valence-electron chi connectivity index (χ0n) is 12.5. The van der Waals surface area contributed by atoms with Gasteiger partial charge in [0.25, 0.3) is 5.91 Å². The second-order valence-electron chi connectivity index (χ2n) is 5.38. The molecule has 0 saturated carbocycles. The summed E-state index contributed by atoms with van der Waals surface area (Å²) in [5.41, 5.74) is 7.60. The van der Waals surface area contributed by atoms with Crippen molar-refractivity contribution in [1.82, 2.24) is 4.90 Å². The van der Waals surface area contributed by atoms with Crippen molar-refractivity contribution in [3.63, 3.8) is 0 Å². The van der Waals surface area contributed by atoms with Gasteiger partial charge in [-0.2, -0.15) is 0 Å². The number of halogens is 1. The topological polar surface area (TPSA) is 80.5 Å². The zero-order valence-corrected chi connectivity index (χ0v) is 14.1. The number of carbonyl (C=O) groups is 1. The highest BCUT2D eigenvalue weighted by Gasteiger charge is 2.34. The Labute approximate surface area is 137 Å². The summed E-state index contributed by atoms with van der Waals surface area (Å²) in [7, 11) is -3.05. The largest absolute Gasteiger partial charge is 0.399 e. The molecule has 0 radical (unpaired) electrons. The summed E-state index contributed by atoms with van der Waals surface area (Å²) in [5, 5.41) is 0. The third-order valence-corrected chi connectivity index (χ3v) is 5.48. The Kier molecular flexibility index (Phi) is 6.02. The minimum absolute atomic E-state index is 0. The number of benzene rings is 1. The molecule has 0 spiro atoms. The van der Waals surface area contributed by atoms with Gasteiger partial charge in [0.1, 0.15) is 0 Å². The second kappa shape index (κ2) is 7.15. The number of aryl methyl sites for hydroxylation is 1. The predicted octanol–water partition coefficient (Wildman–Crippen LogP) is 1.81. The third-order valence-electron chi connectivity index (χ3n) is 3.73. The van der Waals surface area contributed by atoms with Crippen LogP contribution >= 0.6 is 12.4 Å². The lowest BCUT2D eigenvalue weighted by molar-refractivity contribution is 0.0720. The molecule has 5 nitrogen and oxygen atoms in total. The van der Waals surface area contributed by atoms with E-state index in [2.05, 4.69) is 6.58 Å². The Morgan fingerprint density at radius 2 is 2.18 bits per heavy atom. The van der Waals surface area contributed by atoms with Crippen molar-refractivity contribution in [1.29, 1.82) is 0 Å². The molecule has 0 aromatic heterocycles. The maximum atomic E-state index is 12.7. The fourth-order valence-corrected chi connectivity index (χ4v) is 4.31. The Bertz CT molecular complexity index is 673. The van der Waals surface area contributed by atoms with Crippen LogP contribution in [0.3, 0.4) is 0 Å². The van der Waals surface area contributed by atoms with E-state index in [1.54, 1.807) is 29.2 Å². The van der Waals surface area contributed by atoms with E-state index in [-0.39, 0.29) is 35.9 Å². The number of hydrogen-bond acceptors (Lipinski definition) is 4. The summed E-state index contributed by atoms with van der Waals surface area (Å²) >= 11 is 0. The highest BCUT2D eigenvalue weighted by atomic mass is 35.5. The van der Waals surface area contributed by atoms with Crippen LogP contribution in [0.5, 0.6) is 0 Å². The number of sulfone groups is 1. The van der Waals surface area contributed by atoms with E-state index in [0.29, 0.717) is 24.2 Å². The van der Waals surface area contributed by atoms with Gasteiger partial charge in [0, 0.05) is 23.8 Å². The highest BCUT2D eigenvalue weighted by Crippen LogP contribution is 2.22. The average molecular weight is 345 g/mol. The molecule has 1 aromatic carbocycles. The van der Waals surface area contributed by atoms with E-state index >= 15 is 0 Å². The molecule has 1 fully saturated rings. The van der Waals surface area contributed by atoms with Gasteiger partial charge in [0.15, 0.2) is 9.84 Å². The van der Waals surface area contributed by atoms with Gasteiger partial charge < -0.3 is 10.6 Å². The molecule has 0 aliphatic carbocycles. The van der Waals surface area contributed by atoms with E-state index in [1.165, 1.54) is 0 Å². The number of nitrogens with two attached hydrogens (primary N) is 1. The summed E-state index contributed by atoms with van der Waals surface area (Å²) in [4.78, 5) is 14.3. The summed E-state index contributed by atoms with van der Waals surface area (Å²) in [6, 6.07) is 4.88. The maximum Gasteiger partial charge on any atom is 0.254 e. The molecular formula is C15H21ClN2O3S. The van der Waals surface area contributed by atoms with Gasteiger partial charge in [0.05, 0.1) is 11.5 Å². The first kappa shape index (κ1) is 18.5. The van der Waals surface area contributed by atoms with Crippen LogP contribution in [0.1, 0.15) is 22.3 Å². The van der Waals surface area contributed by atoms with Crippen LogP contribution in [0.4, 0.5) is 5.69 Å². The van der Waals surface area contributed by atoms with Crippen molar-refractivity contribution in [2.45, 2.75) is 19.4 Å². The molecule has 122 valence electrons. The molecule has 22 heavy (non-hydrogen) atoms. The molecule has 2 N–H and O–H groups in total. The van der Waals surface area contributed by atoms with Gasteiger partial charge in [0.2, 0.25) is 0 Å². The second-order valence-corrected chi connectivity index (χ2v) is 7.61. The van der Waals surface area contributed by atoms with Crippen LogP contribution in [0, 0.1) is 6.92 Å². The number of rotatable bonds is 4. The molecule has 0 bridgehead atoms. The van der Waals surface area contributed by atoms with Crippen molar-refractivity contribution in [3.05, 3.63) is 42.0 Å². The summed E-state index contributed by atoms with van der Waals surface area (Å²) in [5.74, 6) is -0.0376. The molecule has 1 aliphatic heterocycles. The molecule has 7 heteroatoms. The lowest BCUT2D eigenvalue weighted by Crippen LogP contribution is -2.41. The molecule has 2 rings (SSSR count). The molecule has 1 saturated heterocycles. The van der Waals surface area contributed by atoms with Crippen LogP contribution in [0.25, 0.3) is 0 Å². The van der Waals surface area contributed by atoms with E-state index in [0.717, 1.165) is 5.56 Å². The molecule has 1 aromatic rings. The van der Waals surface area contributed by atoms with E-state index < -0.39 is 9.84 Å². The number of nitrogens with zero attached hydrogens (tertiary/aromatic N) is 1. The first-order chi connectivity index (χ1) is 9.84. The number of amides is 1. The quantitative estimate of drug-likeness (QED) is 0.667. The summed E-state index contributed by atoms with van der Waals surface area (Å²) < 4.78 is 23.3. The summed E-state index contributed by atoms with van der Waals surface area (Å²) in [6.45, 7) is 5.82. The maximum absolute atomic E-state index is 12.7.